The van der Waals surface area contributed by atoms with Crippen LogP contribution in [0.2, 0.25) is 0 Å². The fraction of sp³-hybridized carbons (Fsp3) is 0.636. The first-order valence-electron chi connectivity index (χ1n) is 5.50. The number of hydrogen-bond donors (Lipinski definition) is 0. The van der Waals surface area contributed by atoms with Crippen molar-refractivity contribution in [2.75, 3.05) is 23.3 Å². The summed E-state index contributed by atoms with van der Waals surface area (Å²) in [7, 11) is 0. The fourth-order valence-corrected chi connectivity index (χ4v) is 1.95. The molecule has 0 radical (unpaired) electrons. The van der Waals surface area contributed by atoms with Crippen LogP contribution < -0.4 is 4.90 Å². The zero-order valence-corrected chi connectivity index (χ0v) is 11.5. The van der Waals surface area contributed by atoms with Gasteiger partial charge in [0.1, 0.15) is 11.6 Å². The summed E-state index contributed by atoms with van der Waals surface area (Å²) in [6.45, 7) is 3.96. The highest BCUT2D eigenvalue weighted by Gasteiger charge is 2.14. The molecule has 0 N–H and O–H groups in total. The summed E-state index contributed by atoms with van der Waals surface area (Å²) in [5, 5.41) is 0.629. The van der Waals surface area contributed by atoms with Gasteiger partial charge in [0, 0.05) is 23.6 Å². The summed E-state index contributed by atoms with van der Waals surface area (Å²) in [5.74, 6) is 1.20. The lowest BCUT2D eigenvalue weighted by Gasteiger charge is -2.22. The van der Waals surface area contributed by atoms with Crippen LogP contribution in [0.1, 0.15) is 18.4 Å². The van der Waals surface area contributed by atoms with E-state index in [1.54, 1.807) is 17.9 Å². The van der Waals surface area contributed by atoms with Gasteiger partial charge in [0.15, 0.2) is 0 Å². The molecule has 0 fully saturated rings. The van der Waals surface area contributed by atoms with Gasteiger partial charge in [-0.3, -0.25) is 0 Å². The number of alkyl halides is 3. The molecule has 3 nitrogen and oxygen atoms in total. The molecule has 0 amide bonds. The van der Waals surface area contributed by atoms with Gasteiger partial charge in [-0.2, -0.15) is 0 Å². The number of nitrogens with zero attached hydrogens (tertiary/aromatic N) is 3. The van der Waals surface area contributed by atoms with Gasteiger partial charge in [-0.1, -0.05) is 22.9 Å². The van der Waals surface area contributed by atoms with E-state index in [2.05, 4.69) is 25.9 Å². The molecular formula is C11H16BrF2N3. The molecule has 0 saturated heterocycles. The average Bonchev–Trinajstić information content (AvgIpc) is 2.27. The molecule has 1 aromatic heterocycles. The second kappa shape index (κ2) is 6.83. The highest BCUT2D eigenvalue weighted by molar-refractivity contribution is 9.09. The minimum absolute atomic E-state index is 0.300. The summed E-state index contributed by atoms with van der Waals surface area (Å²) in [6.07, 6.45) is -1.60. The third-order valence-corrected chi connectivity index (χ3v) is 2.63. The first kappa shape index (κ1) is 14.3. The van der Waals surface area contributed by atoms with Crippen molar-refractivity contribution in [2.24, 2.45) is 0 Å². The van der Waals surface area contributed by atoms with E-state index in [9.17, 15) is 8.78 Å². The standard InChI is InChI=1S/C11H16BrF2N3/c1-3-9-6-11(16-8(2)15-9)17(5-4-12)7-10(13)14/h6,10H,3-5,7H2,1-2H3. The smallest absolute Gasteiger partial charge is 0.255 e. The number of halogens is 3. The predicted octanol–water partition coefficient (Wildman–Crippen LogP) is 2.81. The van der Waals surface area contributed by atoms with E-state index in [4.69, 9.17) is 0 Å². The first-order chi connectivity index (χ1) is 8.06. The molecule has 17 heavy (non-hydrogen) atoms. The lowest BCUT2D eigenvalue weighted by molar-refractivity contribution is 0.155. The minimum Gasteiger partial charge on any atom is -0.350 e. The van der Waals surface area contributed by atoms with E-state index in [1.165, 1.54) is 0 Å². The summed E-state index contributed by atoms with van der Waals surface area (Å²) in [5.41, 5.74) is 0.876. The zero-order chi connectivity index (χ0) is 12.8. The van der Waals surface area contributed by atoms with E-state index >= 15 is 0 Å². The number of anilines is 1. The van der Waals surface area contributed by atoms with Crippen LogP contribution in [0.15, 0.2) is 6.07 Å². The molecule has 0 aliphatic carbocycles. The van der Waals surface area contributed by atoms with Gasteiger partial charge in [0.2, 0.25) is 0 Å². The fourth-order valence-electron chi connectivity index (χ4n) is 1.52. The molecular weight excluding hydrogens is 292 g/mol. The van der Waals surface area contributed by atoms with Gasteiger partial charge >= 0.3 is 0 Å². The lowest BCUT2D eigenvalue weighted by atomic mass is 10.3. The Hall–Kier alpha value is -0.780. The Kier molecular flexibility index (Phi) is 5.74. The van der Waals surface area contributed by atoms with Crippen molar-refractivity contribution in [3.8, 4) is 0 Å². The molecule has 0 aliphatic rings. The molecule has 6 heteroatoms. The maximum atomic E-state index is 12.5. The van der Waals surface area contributed by atoms with Gasteiger partial charge in [-0.15, -0.1) is 0 Å². The number of aromatic nitrogens is 2. The quantitative estimate of drug-likeness (QED) is 0.757. The molecule has 1 heterocycles. The van der Waals surface area contributed by atoms with E-state index in [0.717, 1.165) is 12.1 Å². The van der Waals surface area contributed by atoms with Gasteiger partial charge in [-0.05, 0) is 13.3 Å². The van der Waals surface area contributed by atoms with Crippen LogP contribution in [0, 0.1) is 6.92 Å². The Labute approximate surface area is 108 Å². The Morgan fingerprint density at radius 2 is 2.12 bits per heavy atom. The van der Waals surface area contributed by atoms with E-state index in [0.29, 0.717) is 23.5 Å². The minimum atomic E-state index is -2.37. The van der Waals surface area contributed by atoms with E-state index in [-0.39, 0.29) is 6.54 Å². The van der Waals surface area contributed by atoms with Gasteiger partial charge in [0.05, 0.1) is 6.54 Å². The number of rotatable bonds is 6. The summed E-state index contributed by atoms with van der Waals surface area (Å²) in [4.78, 5) is 10.0. The van der Waals surface area contributed by atoms with E-state index < -0.39 is 6.43 Å². The Balaban J connectivity index is 2.95. The molecule has 0 unspecified atom stereocenters. The second-order valence-electron chi connectivity index (χ2n) is 3.64. The highest BCUT2D eigenvalue weighted by Crippen LogP contribution is 2.15. The second-order valence-corrected chi connectivity index (χ2v) is 4.44. The Morgan fingerprint density at radius 3 is 2.65 bits per heavy atom. The number of hydrogen-bond acceptors (Lipinski definition) is 3. The third-order valence-electron chi connectivity index (χ3n) is 2.28. The summed E-state index contributed by atoms with van der Waals surface area (Å²) < 4.78 is 25.0. The van der Waals surface area contributed by atoms with Crippen molar-refractivity contribution in [3.63, 3.8) is 0 Å². The molecule has 0 spiro atoms. The zero-order valence-electron chi connectivity index (χ0n) is 9.96. The molecule has 1 aromatic rings. The monoisotopic (exact) mass is 307 g/mol. The van der Waals surface area contributed by atoms with Crippen molar-refractivity contribution in [2.45, 2.75) is 26.7 Å². The molecule has 0 aromatic carbocycles. The average molecular weight is 308 g/mol. The largest absolute Gasteiger partial charge is 0.350 e. The number of aryl methyl sites for hydroxylation is 2. The van der Waals surface area contributed by atoms with Crippen LogP contribution in [0.4, 0.5) is 14.6 Å². The molecule has 0 saturated carbocycles. The summed E-state index contributed by atoms with van der Waals surface area (Å²) >= 11 is 3.26. The van der Waals surface area contributed by atoms with Crippen molar-refractivity contribution < 1.29 is 8.78 Å². The van der Waals surface area contributed by atoms with E-state index in [1.807, 2.05) is 6.92 Å². The predicted molar refractivity (Wildman–Crippen MR) is 68.2 cm³/mol. The van der Waals surface area contributed by atoms with Gasteiger partial charge < -0.3 is 4.90 Å². The van der Waals surface area contributed by atoms with Crippen molar-refractivity contribution >= 4 is 21.7 Å². The first-order valence-corrected chi connectivity index (χ1v) is 6.62. The lowest BCUT2D eigenvalue weighted by Crippen LogP contribution is -2.31. The van der Waals surface area contributed by atoms with Crippen LogP contribution in [-0.2, 0) is 6.42 Å². The van der Waals surface area contributed by atoms with Gasteiger partial charge in [-0.25, -0.2) is 18.7 Å². The van der Waals surface area contributed by atoms with Crippen molar-refractivity contribution in [1.29, 1.82) is 0 Å². The molecule has 0 aliphatic heterocycles. The molecule has 0 atom stereocenters. The van der Waals surface area contributed by atoms with Crippen LogP contribution in [-0.4, -0.2) is 34.8 Å². The third kappa shape index (κ3) is 4.53. The Bertz CT molecular complexity index is 361. The highest BCUT2D eigenvalue weighted by atomic mass is 79.9. The molecule has 1 rings (SSSR count). The maximum absolute atomic E-state index is 12.5. The molecule has 0 bridgehead atoms. The van der Waals surface area contributed by atoms with Crippen LogP contribution in [0.25, 0.3) is 0 Å². The van der Waals surface area contributed by atoms with Crippen LogP contribution >= 0.6 is 15.9 Å². The molecule has 96 valence electrons. The van der Waals surface area contributed by atoms with Crippen molar-refractivity contribution in [3.05, 3.63) is 17.6 Å². The van der Waals surface area contributed by atoms with Crippen LogP contribution in [0.3, 0.4) is 0 Å². The van der Waals surface area contributed by atoms with Crippen LogP contribution in [0.5, 0.6) is 0 Å². The van der Waals surface area contributed by atoms with Crippen molar-refractivity contribution in [1.82, 2.24) is 9.97 Å². The topological polar surface area (TPSA) is 29.0 Å². The maximum Gasteiger partial charge on any atom is 0.255 e. The summed E-state index contributed by atoms with van der Waals surface area (Å²) in [6, 6.07) is 1.78. The normalized spacial score (nSPS) is 10.9. The SMILES string of the molecule is CCc1cc(N(CCBr)CC(F)F)nc(C)n1. The van der Waals surface area contributed by atoms with Gasteiger partial charge in [0.25, 0.3) is 6.43 Å². The Morgan fingerprint density at radius 1 is 1.41 bits per heavy atom.